The highest BCUT2D eigenvalue weighted by Crippen LogP contribution is 2.38. The molecule has 1 aromatic rings. The molecule has 18 heavy (non-hydrogen) atoms. The van der Waals surface area contributed by atoms with Crippen LogP contribution in [0.4, 0.5) is 0 Å². The van der Waals surface area contributed by atoms with E-state index in [4.69, 9.17) is 19.3 Å². The van der Waals surface area contributed by atoms with E-state index >= 15 is 0 Å². The van der Waals surface area contributed by atoms with E-state index in [0.29, 0.717) is 17.2 Å². The molecule has 0 aliphatic carbocycles. The molecule has 1 aromatic carbocycles. The zero-order valence-electron chi connectivity index (χ0n) is 10.5. The molecular weight excluding hydrogens is 256 g/mol. The number of hydrogen-bond acceptors (Lipinski definition) is 5. The lowest BCUT2D eigenvalue weighted by Gasteiger charge is -2.14. The second kappa shape index (κ2) is 6.39. The summed E-state index contributed by atoms with van der Waals surface area (Å²) < 4.78 is 15.5. The van der Waals surface area contributed by atoms with Crippen LogP contribution in [-0.4, -0.2) is 37.7 Å². The molecule has 0 saturated heterocycles. The Kier molecular flexibility index (Phi) is 5.15. The molecule has 1 atom stereocenters. The van der Waals surface area contributed by atoms with E-state index in [1.165, 1.54) is 21.3 Å². The van der Waals surface area contributed by atoms with Crippen LogP contribution in [0.15, 0.2) is 12.1 Å². The first-order valence-electron chi connectivity index (χ1n) is 5.23. The number of carboxylic acid groups (broad SMARTS) is 1. The molecule has 0 saturated carbocycles. The summed E-state index contributed by atoms with van der Waals surface area (Å²) in [6.45, 7) is 0. The summed E-state index contributed by atoms with van der Waals surface area (Å²) in [5.74, 6) is 0.511. The number of benzene rings is 1. The van der Waals surface area contributed by atoms with Gasteiger partial charge in [0.05, 0.1) is 21.3 Å². The number of rotatable bonds is 6. The smallest absolute Gasteiger partial charge is 0.316 e. The van der Waals surface area contributed by atoms with Crippen LogP contribution < -0.4 is 14.2 Å². The molecular formula is C12H16O5S. The minimum Gasteiger partial charge on any atom is -0.493 e. The normalized spacial score (nSPS) is 11.8. The van der Waals surface area contributed by atoms with Crippen molar-refractivity contribution in [3.8, 4) is 17.2 Å². The van der Waals surface area contributed by atoms with Crippen LogP contribution in [0.2, 0.25) is 0 Å². The van der Waals surface area contributed by atoms with Gasteiger partial charge in [0, 0.05) is 0 Å². The van der Waals surface area contributed by atoms with Gasteiger partial charge in [-0.15, -0.1) is 0 Å². The number of thiol groups is 1. The molecule has 1 unspecified atom stereocenters. The SMILES string of the molecule is COc1cc(CC(S)C(=O)O)cc(OC)c1OC. The Morgan fingerprint density at radius 1 is 1.22 bits per heavy atom. The maximum atomic E-state index is 10.8. The second-order valence-electron chi connectivity index (χ2n) is 3.59. The van der Waals surface area contributed by atoms with Crippen molar-refractivity contribution in [1.82, 2.24) is 0 Å². The molecule has 0 aromatic heterocycles. The van der Waals surface area contributed by atoms with Gasteiger partial charge in [-0.3, -0.25) is 4.79 Å². The average Bonchev–Trinajstić information content (AvgIpc) is 2.37. The summed E-state index contributed by atoms with van der Waals surface area (Å²) in [7, 11) is 4.53. The van der Waals surface area contributed by atoms with Crippen LogP contribution in [0.3, 0.4) is 0 Å². The predicted molar refractivity (Wildman–Crippen MR) is 70.2 cm³/mol. The van der Waals surface area contributed by atoms with Gasteiger partial charge in [-0.2, -0.15) is 12.6 Å². The third-order valence-electron chi connectivity index (χ3n) is 2.44. The third kappa shape index (κ3) is 3.22. The third-order valence-corrected chi connectivity index (χ3v) is 2.84. The topological polar surface area (TPSA) is 65.0 Å². The molecule has 0 heterocycles. The van der Waals surface area contributed by atoms with Crippen LogP contribution in [0.25, 0.3) is 0 Å². The molecule has 1 rings (SSSR count). The predicted octanol–water partition coefficient (Wildman–Crippen LogP) is 1.64. The van der Waals surface area contributed by atoms with Crippen molar-refractivity contribution in [1.29, 1.82) is 0 Å². The minimum absolute atomic E-state index is 0.273. The summed E-state index contributed by atoms with van der Waals surface area (Å²) in [6, 6.07) is 3.43. The van der Waals surface area contributed by atoms with Gasteiger partial charge >= 0.3 is 5.97 Å². The maximum absolute atomic E-state index is 10.8. The number of carbonyl (C=O) groups is 1. The van der Waals surface area contributed by atoms with E-state index in [2.05, 4.69) is 12.6 Å². The summed E-state index contributed by atoms with van der Waals surface area (Å²) in [5, 5.41) is 8.06. The number of hydrogen-bond donors (Lipinski definition) is 2. The van der Waals surface area contributed by atoms with Crippen LogP contribution in [-0.2, 0) is 11.2 Å². The van der Waals surface area contributed by atoms with Gasteiger partial charge < -0.3 is 19.3 Å². The van der Waals surface area contributed by atoms with E-state index in [9.17, 15) is 4.79 Å². The average molecular weight is 272 g/mol. The first kappa shape index (κ1) is 14.5. The van der Waals surface area contributed by atoms with Gasteiger partial charge in [-0.1, -0.05) is 0 Å². The van der Waals surface area contributed by atoms with E-state index in [-0.39, 0.29) is 6.42 Å². The first-order chi connectivity index (χ1) is 8.53. The van der Waals surface area contributed by atoms with E-state index in [1.54, 1.807) is 12.1 Å². The molecule has 5 nitrogen and oxygen atoms in total. The Morgan fingerprint density at radius 3 is 2.06 bits per heavy atom. The lowest BCUT2D eigenvalue weighted by Crippen LogP contribution is -2.16. The maximum Gasteiger partial charge on any atom is 0.316 e. The van der Waals surface area contributed by atoms with Crippen LogP contribution in [0.5, 0.6) is 17.2 Å². The molecule has 6 heteroatoms. The van der Waals surface area contributed by atoms with Crippen LogP contribution in [0, 0.1) is 0 Å². The van der Waals surface area contributed by atoms with Crippen molar-refractivity contribution in [2.75, 3.05) is 21.3 Å². The zero-order valence-corrected chi connectivity index (χ0v) is 11.4. The highest BCUT2D eigenvalue weighted by Gasteiger charge is 2.17. The van der Waals surface area contributed by atoms with E-state index < -0.39 is 11.2 Å². The van der Waals surface area contributed by atoms with Crippen molar-refractivity contribution < 1.29 is 24.1 Å². The molecule has 1 N–H and O–H groups in total. The quantitative estimate of drug-likeness (QED) is 0.771. The Labute approximate surface area is 111 Å². The minimum atomic E-state index is -0.966. The Bertz CT molecular complexity index is 407. The molecule has 0 fully saturated rings. The first-order valence-corrected chi connectivity index (χ1v) is 5.74. The fourth-order valence-corrected chi connectivity index (χ4v) is 1.77. The molecule has 0 aliphatic heterocycles. The number of ether oxygens (including phenoxy) is 3. The molecule has 0 bridgehead atoms. The van der Waals surface area contributed by atoms with Gasteiger partial charge in [0.1, 0.15) is 5.25 Å². The summed E-state index contributed by atoms with van der Waals surface area (Å²) >= 11 is 4.00. The monoisotopic (exact) mass is 272 g/mol. The van der Waals surface area contributed by atoms with E-state index in [0.717, 1.165) is 5.56 Å². The Hall–Kier alpha value is -1.56. The molecule has 0 aliphatic rings. The molecule has 100 valence electrons. The molecule has 0 spiro atoms. The summed E-state index contributed by atoms with van der Waals surface area (Å²) in [5.41, 5.74) is 0.756. The Morgan fingerprint density at radius 2 is 1.72 bits per heavy atom. The lowest BCUT2D eigenvalue weighted by atomic mass is 10.1. The van der Waals surface area contributed by atoms with E-state index in [1.807, 2.05) is 0 Å². The van der Waals surface area contributed by atoms with Crippen molar-refractivity contribution >= 4 is 18.6 Å². The number of methoxy groups -OCH3 is 3. The van der Waals surface area contributed by atoms with Gasteiger partial charge in [0.25, 0.3) is 0 Å². The van der Waals surface area contributed by atoms with Crippen molar-refractivity contribution in [2.45, 2.75) is 11.7 Å². The van der Waals surface area contributed by atoms with Crippen molar-refractivity contribution in [2.24, 2.45) is 0 Å². The summed E-state index contributed by atoms with van der Waals surface area (Å²) in [6.07, 6.45) is 0.273. The standard InChI is InChI=1S/C12H16O5S/c1-15-8-4-7(6-10(18)12(13)14)5-9(16-2)11(8)17-3/h4-5,10,18H,6H2,1-3H3,(H,13,14). The zero-order chi connectivity index (χ0) is 13.7. The highest BCUT2D eigenvalue weighted by molar-refractivity contribution is 7.81. The second-order valence-corrected chi connectivity index (χ2v) is 4.22. The lowest BCUT2D eigenvalue weighted by molar-refractivity contribution is -0.136. The van der Waals surface area contributed by atoms with Crippen LogP contribution in [0.1, 0.15) is 5.56 Å². The van der Waals surface area contributed by atoms with Crippen molar-refractivity contribution in [3.05, 3.63) is 17.7 Å². The fourth-order valence-electron chi connectivity index (χ4n) is 1.56. The van der Waals surface area contributed by atoms with Gasteiger partial charge in [0.15, 0.2) is 11.5 Å². The fraction of sp³-hybridized carbons (Fsp3) is 0.417. The highest BCUT2D eigenvalue weighted by atomic mass is 32.1. The molecule has 0 amide bonds. The van der Waals surface area contributed by atoms with Crippen molar-refractivity contribution in [3.63, 3.8) is 0 Å². The number of carboxylic acids is 1. The van der Waals surface area contributed by atoms with Crippen LogP contribution >= 0.6 is 12.6 Å². The van der Waals surface area contributed by atoms with Gasteiger partial charge in [-0.05, 0) is 24.1 Å². The Balaban J connectivity index is 3.11. The van der Waals surface area contributed by atoms with Gasteiger partial charge in [0.2, 0.25) is 5.75 Å². The summed E-state index contributed by atoms with van der Waals surface area (Å²) in [4.78, 5) is 10.8. The largest absolute Gasteiger partial charge is 0.493 e. The number of aliphatic carboxylic acids is 1. The van der Waals surface area contributed by atoms with Gasteiger partial charge in [-0.25, -0.2) is 0 Å². The molecule has 0 radical (unpaired) electrons.